The molecule has 1 fully saturated rings. The van der Waals surface area contributed by atoms with Crippen LogP contribution in [-0.2, 0) is 0 Å². The molecule has 1 aliphatic heterocycles. The molecule has 1 heterocycles. The molecular weight excluding hydrogens is 392 g/mol. The average molecular weight is 419 g/mol. The number of nitrogens with zero attached hydrogens (tertiary/aromatic N) is 1. The summed E-state index contributed by atoms with van der Waals surface area (Å²) in [6, 6.07) is 3.65. The van der Waals surface area contributed by atoms with Gasteiger partial charge in [-0.25, -0.2) is 0 Å². The zero-order valence-electron chi connectivity index (χ0n) is 14.7. The molecule has 9 heteroatoms. The lowest BCUT2D eigenvalue weighted by atomic mass is 9.97. The van der Waals surface area contributed by atoms with Crippen LogP contribution in [0.15, 0.2) is 18.2 Å². The monoisotopic (exact) mass is 418 g/mol. The van der Waals surface area contributed by atoms with Crippen molar-refractivity contribution in [2.45, 2.75) is 45.0 Å². The lowest BCUT2D eigenvalue weighted by molar-refractivity contribution is -0.274. The van der Waals surface area contributed by atoms with Crippen molar-refractivity contribution in [2.75, 3.05) is 26.2 Å². The number of hydrogen-bond acceptors (Lipinski definition) is 4. The van der Waals surface area contributed by atoms with E-state index in [9.17, 15) is 18.3 Å². The van der Waals surface area contributed by atoms with Gasteiger partial charge in [-0.1, -0.05) is 26.2 Å². The number of rotatable bonds is 7. The van der Waals surface area contributed by atoms with Crippen LogP contribution in [0.2, 0.25) is 0 Å². The Bertz CT molecular complexity index is 527. The molecule has 1 atom stereocenters. The van der Waals surface area contributed by atoms with E-state index in [1.165, 1.54) is 12.1 Å². The molecule has 0 spiro atoms. The Balaban J connectivity index is 0.00000312. The van der Waals surface area contributed by atoms with Gasteiger partial charge in [-0.2, -0.15) is 0 Å². The number of phenols is 1. The molecule has 0 radical (unpaired) electrons. The molecule has 0 amide bonds. The molecule has 0 unspecified atom stereocenters. The van der Waals surface area contributed by atoms with Gasteiger partial charge >= 0.3 is 6.36 Å². The van der Waals surface area contributed by atoms with Crippen LogP contribution in [0.5, 0.6) is 11.5 Å². The lowest BCUT2D eigenvalue weighted by Gasteiger charge is -2.35. The van der Waals surface area contributed by atoms with Gasteiger partial charge in [-0.15, -0.1) is 38.0 Å². The van der Waals surface area contributed by atoms with Gasteiger partial charge < -0.3 is 15.2 Å². The van der Waals surface area contributed by atoms with E-state index in [1.54, 1.807) is 0 Å². The maximum absolute atomic E-state index is 12.5. The van der Waals surface area contributed by atoms with Crippen molar-refractivity contribution in [2.24, 2.45) is 0 Å². The number of hydrogen-bond donors (Lipinski definition) is 2. The van der Waals surface area contributed by atoms with Crippen LogP contribution in [0.1, 0.15) is 44.2 Å². The summed E-state index contributed by atoms with van der Waals surface area (Å²) in [6.45, 7) is 5.39. The van der Waals surface area contributed by atoms with Gasteiger partial charge in [0.25, 0.3) is 0 Å². The molecule has 1 aromatic rings. The molecule has 0 aliphatic carbocycles. The average Bonchev–Trinajstić information content (AvgIpc) is 2.53. The standard InChI is InChI=1S/C17H25F3N2O2.2ClH/c1-2-3-4-5-15(22-10-8-21-9-11-22)14-12-13(6-7-16(14)23)24-17(18,19)20;;/h6-7,12,15,21,23H,2-5,8-11H2,1H3;2*1H/t15-;;/m1../s1. The molecule has 26 heavy (non-hydrogen) atoms. The number of benzene rings is 1. The topological polar surface area (TPSA) is 44.7 Å². The zero-order valence-corrected chi connectivity index (χ0v) is 16.4. The van der Waals surface area contributed by atoms with Crippen LogP contribution in [0.4, 0.5) is 13.2 Å². The normalized spacial score (nSPS) is 16.3. The van der Waals surface area contributed by atoms with Gasteiger partial charge in [0.15, 0.2) is 0 Å². The second kappa shape index (κ2) is 11.7. The molecule has 2 rings (SSSR count). The number of ether oxygens (including phenoxy) is 1. The van der Waals surface area contributed by atoms with E-state index in [0.29, 0.717) is 5.56 Å². The van der Waals surface area contributed by atoms with Crippen LogP contribution in [0.25, 0.3) is 0 Å². The highest BCUT2D eigenvalue weighted by molar-refractivity contribution is 5.85. The fraction of sp³-hybridized carbons (Fsp3) is 0.647. The first-order chi connectivity index (χ1) is 11.4. The van der Waals surface area contributed by atoms with Crippen LogP contribution < -0.4 is 10.1 Å². The summed E-state index contributed by atoms with van der Waals surface area (Å²) < 4.78 is 41.4. The maximum Gasteiger partial charge on any atom is 0.573 e. The quantitative estimate of drug-likeness (QED) is 0.631. The largest absolute Gasteiger partial charge is 0.573 e. The molecule has 1 aromatic carbocycles. The first-order valence-corrected chi connectivity index (χ1v) is 8.44. The number of aromatic hydroxyl groups is 1. The Morgan fingerprint density at radius 1 is 1.19 bits per heavy atom. The highest BCUT2D eigenvalue weighted by Gasteiger charge is 2.32. The van der Waals surface area contributed by atoms with Crippen LogP contribution in [-0.4, -0.2) is 42.5 Å². The molecule has 0 aromatic heterocycles. The zero-order chi connectivity index (χ0) is 17.6. The number of halogens is 5. The second-order valence-corrected chi connectivity index (χ2v) is 6.07. The van der Waals surface area contributed by atoms with Crippen LogP contribution in [0, 0.1) is 0 Å². The van der Waals surface area contributed by atoms with E-state index in [2.05, 4.69) is 21.9 Å². The van der Waals surface area contributed by atoms with Gasteiger partial charge in [0.05, 0.1) is 0 Å². The Hall–Kier alpha value is -0.890. The Morgan fingerprint density at radius 2 is 1.85 bits per heavy atom. The van der Waals surface area contributed by atoms with Crippen molar-refractivity contribution in [1.29, 1.82) is 0 Å². The summed E-state index contributed by atoms with van der Waals surface area (Å²) in [4.78, 5) is 2.22. The van der Waals surface area contributed by atoms with Crippen molar-refractivity contribution in [3.05, 3.63) is 23.8 Å². The maximum atomic E-state index is 12.5. The molecule has 2 N–H and O–H groups in total. The third-order valence-electron chi connectivity index (χ3n) is 4.27. The number of nitrogens with one attached hydrogen (secondary N) is 1. The van der Waals surface area contributed by atoms with Gasteiger partial charge in [-0.3, -0.25) is 4.90 Å². The first-order valence-electron chi connectivity index (χ1n) is 8.44. The summed E-state index contributed by atoms with van der Waals surface area (Å²) in [7, 11) is 0. The highest BCUT2D eigenvalue weighted by atomic mass is 35.5. The van der Waals surface area contributed by atoms with Crippen molar-refractivity contribution in [1.82, 2.24) is 10.2 Å². The molecule has 1 aliphatic rings. The highest BCUT2D eigenvalue weighted by Crippen LogP contribution is 2.36. The van der Waals surface area contributed by atoms with Gasteiger partial charge in [-0.05, 0) is 24.6 Å². The molecule has 0 saturated carbocycles. The molecular formula is C17H27Cl2F3N2O2. The summed E-state index contributed by atoms with van der Waals surface area (Å²) in [5, 5.41) is 13.5. The van der Waals surface area contributed by atoms with Crippen LogP contribution in [0.3, 0.4) is 0 Å². The number of unbranched alkanes of at least 4 members (excludes halogenated alkanes) is 2. The summed E-state index contributed by atoms with van der Waals surface area (Å²) in [6.07, 6.45) is -0.841. The van der Waals surface area contributed by atoms with Crippen molar-refractivity contribution in [3.8, 4) is 11.5 Å². The van der Waals surface area contributed by atoms with Crippen molar-refractivity contribution in [3.63, 3.8) is 0 Å². The Labute approximate surface area is 164 Å². The second-order valence-electron chi connectivity index (χ2n) is 6.07. The number of phenolic OH excluding ortho intramolecular Hbond substituents is 1. The van der Waals surface area contributed by atoms with Gasteiger partial charge in [0, 0.05) is 37.8 Å². The predicted molar refractivity (Wildman–Crippen MR) is 101 cm³/mol. The third-order valence-corrected chi connectivity index (χ3v) is 4.27. The SMILES string of the molecule is CCCCC[C@H](c1cc(OC(F)(F)F)ccc1O)N1CCNCC1.Cl.Cl. The predicted octanol–water partition coefficient (Wildman–Crippen LogP) is 4.66. The minimum absolute atomic E-state index is 0. The number of piperazine rings is 1. The van der Waals surface area contributed by atoms with Crippen molar-refractivity contribution < 1.29 is 23.0 Å². The summed E-state index contributed by atoms with van der Waals surface area (Å²) in [5.74, 6) is -0.268. The van der Waals surface area contributed by atoms with E-state index in [0.717, 1.165) is 57.9 Å². The van der Waals surface area contributed by atoms with E-state index >= 15 is 0 Å². The van der Waals surface area contributed by atoms with Gasteiger partial charge in [0.2, 0.25) is 0 Å². The summed E-state index contributed by atoms with van der Waals surface area (Å²) in [5.41, 5.74) is 0.509. The lowest BCUT2D eigenvalue weighted by Crippen LogP contribution is -2.45. The molecule has 4 nitrogen and oxygen atoms in total. The van der Waals surface area contributed by atoms with Gasteiger partial charge in [0.1, 0.15) is 11.5 Å². The van der Waals surface area contributed by atoms with E-state index in [-0.39, 0.29) is 42.4 Å². The fourth-order valence-corrected chi connectivity index (χ4v) is 3.11. The van der Waals surface area contributed by atoms with Crippen molar-refractivity contribution >= 4 is 24.8 Å². The van der Waals surface area contributed by atoms with E-state index in [1.807, 2.05) is 0 Å². The molecule has 152 valence electrons. The first kappa shape index (κ1) is 25.1. The number of alkyl halides is 3. The van der Waals surface area contributed by atoms with E-state index in [4.69, 9.17) is 0 Å². The Morgan fingerprint density at radius 3 is 2.42 bits per heavy atom. The van der Waals surface area contributed by atoms with Crippen LogP contribution >= 0.6 is 24.8 Å². The molecule has 1 saturated heterocycles. The smallest absolute Gasteiger partial charge is 0.508 e. The molecule has 0 bridgehead atoms. The summed E-state index contributed by atoms with van der Waals surface area (Å²) >= 11 is 0. The third kappa shape index (κ3) is 7.78. The minimum atomic E-state index is -4.74. The van der Waals surface area contributed by atoms with E-state index < -0.39 is 6.36 Å². The minimum Gasteiger partial charge on any atom is -0.508 e. The fourth-order valence-electron chi connectivity index (χ4n) is 3.11. The Kier molecular flexibility index (Phi) is 11.3.